The number of ether oxygens (including phenoxy) is 2. The summed E-state index contributed by atoms with van der Waals surface area (Å²) >= 11 is 0. The van der Waals surface area contributed by atoms with Gasteiger partial charge in [0.05, 0.1) is 0 Å². The molecule has 4 heteroatoms. The molecule has 0 N–H and O–H groups in total. The second kappa shape index (κ2) is 25.2. The molecule has 0 aromatic carbocycles. The second-order valence-electron chi connectivity index (χ2n) is 8.95. The largest absolute Gasteiger partial charge is 0.462 e. The summed E-state index contributed by atoms with van der Waals surface area (Å²) in [5.41, 5.74) is 0. The summed E-state index contributed by atoms with van der Waals surface area (Å²) in [6, 6.07) is 0. The number of rotatable bonds is 24. The molecule has 184 valence electrons. The van der Waals surface area contributed by atoms with E-state index in [4.69, 9.17) is 9.47 Å². The number of hydrogen-bond donors (Lipinski definition) is 0. The lowest BCUT2D eigenvalue weighted by Gasteiger charge is -2.07. The minimum Gasteiger partial charge on any atom is -0.462 e. The Bertz CT molecular complexity index is 395. The average molecular weight is 441 g/mol. The third-order valence-electron chi connectivity index (χ3n) is 5.83. The van der Waals surface area contributed by atoms with Crippen LogP contribution in [0.3, 0.4) is 0 Å². The zero-order valence-electron chi connectivity index (χ0n) is 20.9. The number of esters is 2. The highest BCUT2D eigenvalue weighted by Gasteiger charge is 2.05. The highest BCUT2D eigenvalue weighted by atomic mass is 16.6. The molecular weight excluding hydrogens is 388 g/mol. The molecule has 0 rings (SSSR count). The molecule has 0 unspecified atom stereocenters. The molecule has 0 atom stereocenters. The molecule has 0 saturated carbocycles. The molecule has 4 nitrogen and oxygen atoms in total. The van der Waals surface area contributed by atoms with E-state index in [1.807, 2.05) is 0 Å². The first kappa shape index (κ1) is 29.9. The summed E-state index contributed by atoms with van der Waals surface area (Å²) in [6.07, 6.45) is 24.7. The van der Waals surface area contributed by atoms with Gasteiger partial charge in [-0.2, -0.15) is 0 Å². The Morgan fingerprint density at radius 1 is 0.419 bits per heavy atom. The van der Waals surface area contributed by atoms with Gasteiger partial charge >= 0.3 is 11.9 Å². The molecule has 0 amide bonds. The van der Waals surface area contributed by atoms with Gasteiger partial charge in [-0.3, -0.25) is 9.59 Å². The molecule has 0 radical (unpaired) electrons. The molecule has 0 aliphatic carbocycles. The molecule has 0 aromatic heterocycles. The van der Waals surface area contributed by atoms with E-state index < -0.39 is 0 Å². The minimum atomic E-state index is -0.178. The predicted octanol–water partition coefficient (Wildman–Crippen LogP) is 8.30. The third kappa shape index (κ3) is 25.1. The average Bonchev–Trinajstić information content (AvgIpc) is 2.77. The van der Waals surface area contributed by atoms with Crippen molar-refractivity contribution < 1.29 is 19.1 Å². The van der Waals surface area contributed by atoms with Crippen molar-refractivity contribution in [3.63, 3.8) is 0 Å². The van der Waals surface area contributed by atoms with Gasteiger partial charge in [-0.1, -0.05) is 123 Å². The van der Waals surface area contributed by atoms with E-state index in [1.165, 1.54) is 96.3 Å². The maximum absolute atomic E-state index is 11.7. The van der Waals surface area contributed by atoms with Crippen LogP contribution in [0.15, 0.2) is 0 Å². The van der Waals surface area contributed by atoms with Gasteiger partial charge in [-0.05, 0) is 12.8 Å². The van der Waals surface area contributed by atoms with Crippen molar-refractivity contribution in [3.8, 4) is 0 Å². The highest BCUT2D eigenvalue weighted by Crippen LogP contribution is 2.13. The van der Waals surface area contributed by atoms with Gasteiger partial charge in [0, 0.05) is 12.8 Å². The molecule has 0 saturated heterocycles. The number of carbonyl (C=O) groups excluding carboxylic acids is 2. The van der Waals surface area contributed by atoms with Crippen LogP contribution in [-0.2, 0) is 19.1 Å². The van der Waals surface area contributed by atoms with Crippen LogP contribution in [0.4, 0.5) is 0 Å². The topological polar surface area (TPSA) is 52.6 Å². The summed E-state index contributed by atoms with van der Waals surface area (Å²) in [5.74, 6) is -0.349. The lowest BCUT2D eigenvalue weighted by molar-refractivity contribution is -0.152. The summed E-state index contributed by atoms with van der Waals surface area (Å²) < 4.78 is 10.3. The lowest BCUT2D eigenvalue weighted by atomic mass is 10.0. The number of carbonyl (C=O) groups is 2. The summed E-state index contributed by atoms with van der Waals surface area (Å²) in [5, 5.41) is 0. The Balaban J connectivity index is 3.26. The van der Waals surface area contributed by atoms with E-state index in [1.54, 1.807) is 0 Å². The maximum Gasteiger partial charge on any atom is 0.305 e. The standard InChI is InChI=1S/C27H52O4/c1-3-5-7-9-11-12-13-14-15-16-17-19-21-23-27(29)31-25-24-30-26(28)22-20-18-10-8-6-4-2/h3-25H2,1-2H3. The number of hydrogen-bond acceptors (Lipinski definition) is 4. The Kier molecular flexibility index (Phi) is 24.3. The first-order valence-electron chi connectivity index (χ1n) is 13.5. The molecule has 0 aromatic rings. The monoisotopic (exact) mass is 440 g/mol. The van der Waals surface area contributed by atoms with Crippen molar-refractivity contribution >= 4 is 11.9 Å². The normalized spacial score (nSPS) is 10.9. The van der Waals surface area contributed by atoms with Crippen LogP contribution in [0.1, 0.15) is 149 Å². The molecule has 0 fully saturated rings. The van der Waals surface area contributed by atoms with Crippen molar-refractivity contribution in [1.29, 1.82) is 0 Å². The zero-order chi connectivity index (χ0) is 22.8. The number of unbranched alkanes of at least 4 members (excludes halogenated alkanes) is 17. The van der Waals surface area contributed by atoms with Gasteiger partial charge in [0.15, 0.2) is 0 Å². The Morgan fingerprint density at radius 2 is 0.677 bits per heavy atom. The minimum absolute atomic E-state index is 0.171. The van der Waals surface area contributed by atoms with Crippen molar-refractivity contribution in [2.75, 3.05) is 13.2 Å². The summed E-state index contributed by atoms with van der Waals surface area (Å²) in [7, 11) is 0. The van der Waals surface area contributed by atoms with Gasteiger partial charge in [-0.25, -0.2) is 0 Å². The molecule has 0 aliphatic rings. The Labute approximate surface area is 193 Å². The predicted molar refractivity (Wildman–Crippen MR) is 130 cm³/mol. The SMILES string of the molecule is CCCCCCCCCCCCCCCC(=O)OCCOC(=O)CCCCCCCC. The van der Waals surface area contributed by atoms with Gasteiger partial charge < -0.3 is 9.47 Å². The highest BCUT2D eigenvalue weighted by molar-refractivity contribution is 5.70. The van der Waals surface area contributed by atoms with Gasteiger partial charge in [0.1, 0.15) is 13.2 Å². The van der Waals surface area contributed by atoms with E-state index in [0.29, 0.717) is 12.8 Å². The van der Waals surface area contributed by atoms with Crippen molar-refractivity contribution in [1.82, 2.24) is 0 Å². The lowest BCUT2D eigenvalue weighted by Crippen LogP contribution is -2.13. The van der Waals surface area contributed by atoms with Gasteiger partial charge in [-0.15, -0.1) is 0 Å². The first-order chi connectivity index (χ1) is 15.2. The van der Waals surface area contributed by atoms with Crippen LogP contribution in [0.25, 0.3) is 0 Å². The van der Waals surface area contributed by atoms with E-state index in [-0.39, 0.29) is 25.2 Å². The van der Waals surface area contributed by atoms with Crippen LogP contribution in [-0.4, -0.2) is 25.2 Å². The fraction of sp³-hybridized carbons (Fsp3) is 0.926. The van der Waals surface area contributed by atoms with E-state index in [2.05, 4.69) is 13.8 Å². The first-order valence-corrected chi connectivity index (χ1v) is 13.5. The van der Waals surface area contributed by atoms with Crippen LogP contribution in [0, 0.1) is 0 Å². The van der Waals surface area contributed by atoms with E-state index in [0.717, 1.165) is 25.7 Å². The Hall–Kier alpha value is -1.06. The van der Waals surface area contributed by atoms with Crippen LogP contribution < -0.4 is 0 Å². The summed E-state index contributed by atoms with van der Waals surface area (Å²) in [6.45, 7) is 4.82. The zero-order valence-corrected chi connectivity index (χ0v) is 20.9. The summed E-state index contributed by atoms with van der Waals surface area (Å²) in [4.78, 5) is 23.3. The molecule has 0 spiro atoms. The van der Waals surface area contributed by atoms with E-state index in [9.17, 15) is 9.59 Å². The molecule has 0 heterocycles. The van der Waals surface area contributed by atoms with Gasteiger partial charge in [0.2, 0.25) is 0 Å². The molecule has 0 aliphatic heterocycles. The molecule has 0 bridgehead atoms. The quantitative estimate of drug-likeness (QED) is 0.112. The third-order valence-corrected chi connectivity index (χ3v) is 5.83. The maximum atomic E-state index is 11.7. The van der Waals surface area contributed by atoms with Gasteiger partial charge in [0.25, 0.3) is 0 Å². The van der Waals surface area contributed by atoms with Crippen LogP contribution in [0.2, 0.25) is 0 Å². The van der Waals surface area contributed by atoms with Crippen LogP contribution in [0.5, 0.6) is 0 Å². The molecule has 31 heavy (non-hydrogen) atoms. The second-order valence-corrected chi connectivity index (χ2v) is 8.95. The fourth-order valence-corrected chi connectivity index (χ4v) is 3.79. The Morgan fingerprint density at radius 3 is 0.968 bits per heavy atom. The molecular formula is C27H52O4. The smallest absolute Gasteiger partial charge is 0.305 e. The fourth-order valence-electron chi connectivity index (χ4n) is 3.79. The van der Waals surface area contributed by atoms with E-state index >= 15 is 0 Å². The van der Waals surface area contributed by atoms with Crippen molar-refractivity contribution in [2.24, 2.45) is 0 Å². The van der Waals surface area contributed by atoms with Crippen LogP contribution >= 0.6 is 0 Å². The van der Waals surface area contributed by atoms with Crippen molar-refractivity contribution in [3.05, 3.63) is 0 Å². The van der Waals surface area contributed by atoms with Crippen molar-refractivity contribution in [2.45, 2.75) is 149 Å².